The Morgan fingerprint density at radius 2 is 1.96 bits per heavy atom. The lowest BCUT2D eigenvalue weighted by Gasteiger charge is -2.26. The van der Waals surface area contributed by atoms with E-state index in [9.17, 15) is 19.8 Å². The molecule has 1 aliphatic heterocycles. The maximum absolute atomic E-state index is 12.8. The van der Waals surface area contributed by atoms with Crippen LogP contribution in [0.2, 0.25) is 0 Å². The van der Waals surface area contributed by atoms with Crippen LogP contribution in [0.5, 0.6) is 0 Å². The molecule has 0 fully saturated rings. The van der Waals surface area contributed by atoms with E-state index in [-0.39, 0.29) is 24.5 Å². The average Bonchev–Trinajstić information content (AvgIpc) is 3.19. The Morgan fingerprint density at radius 1 is 1.25 bits per heavy atom. The van der Waals surface area contributed by atoms with Gasteiger partial charge in [0.2, 0.25) is 5.78 Å². The van der Waals surface area contributed by atoms with Crippen LogP contribution < -0.4 is 0 Å². The van der Waals surface area contributed by atoms with Gasteiger partial charge in [-0.2, -0.15) is 0 Å². The fraction of sp³-hybridized carbons (Fsp3) is 0.176. The number of ketones is 1. The molecule has 2 heterocycles. The minimum Gasteiger partial charge on any atom is -0.503 e. The van der Waals surface area contributed by atoms with Crippen LogP contribution in [0.25, 0.3) is 0 Å². The van der Waals surface area contributed by atoms with Crippen LogP contribution in [-0.2, 0) is 4.79 Å². The molecule has 1 atom stereocenters. The standard InChI is InChI=1S/C17H14BrNO4S/c18-11-5-3-10(4-6-11)14-13(15(21)12-2-1-9-24-12)16(22)17(23)19(14)7-8-20/h1-6,9,14,20,22H,7-8H2. The number of thiophene rings is 1. The summed E-state index contributed by atoms with van der Waals surface area (Å²) in [5.41, 5.74) is 0.752. The molecule has 0 saturated heterocycles. The molecule has 1 aromatic heterocycles. The molecule has 0 saturated carbocycles. The molecule has 0 aliphatic carbocycles. The number of carbonyl (C=O) groups excluding carboxylic acids is 2. The van der Waals surface area contributed by atoms with Gasteiger partial charge >= 0.3 is 0 Å². The SMILES string of the molecule is O=C(C1=C(O)C(=O)N(CCO)C1c1ccc(Br)cc1)c1cccs1. The van der Waals surface area contributed by atoms with Crippen molar-refractivity contribution in [1.29, 1.82) is 0 Å². The predicted molar refractivity (Wildman–Crippen MR) is 94.0 cm³/mol. The quantitative estimate of drug-likeness (QED) is 0.746. The van der Waals surface area contributed by atoms with Crippen molar-refractivity contribution in [3.05, 3.63) is 68.0 Å². The van der Waals surface area contributed by atoms with E-state index < -0.39 is 17.7 Å². The molecule has 124 valence electrons. The average molecular weight is 408 g/mol. The second kappa shape index (κ2) is 6.88. The summed E-state index contributed by atoms with van der Waals surface area (Å²) in [5.74, 6) is -1.56. The Hall–Kier alpha value is -1.96. The number of hydrogen-bond donors (Lipinski definition) is 2. The van der Waals surface area contributed by atoms with Crippen molar-refractivity contribution in [2.75, 3.05) is 13.2 Å². The smallest absolute Gasteiger partial charge is 0.290 e. The van der Waals surface area contributed by atoms with Crippen LogP contribution in [0.4, 0.5) is 0 Å². The number of hydrogen-bond acceptors (Lipinski definition) is 5. The van der Waals surface area contributed by atoms with Crippen LogP contribution in [0.15, 0.2) is 57.6 Å². The van der Waals surface area contributed by atoms with Crippen molar-refractivity contribution in [1.82, 2.24) is 4.90 Å². The molecule has 2 N–H and O–H groups in total. The third kappa shape index (κ3) is 2.90. The van der Waals surface area contributed by atoms with E-state index in [0.717, 1.165) is 4.47 Å². The first-order valence-corrected chi connectivity index (χ1v) is 8.90. The van der Waals surface area contributed by atoms with Crippen molar-refractivity contribution in [3.8, 4) is 0 Å². The van der Waals surface area contributed by atoms with E-state index in [1.807, 2.05) is 0 Å². The molecule has 0 radical (unpaired) electrons. The molecule has 7 heteroatoms. The maximum atomic E-state index is 12.8. The lowest BCUT2D eigenvalue weighted by atomic mass is 9.95. The van der Waals surface area contributed by atoms with Gasteiger partial charge in [-0.15, -0.1) is 11.3 Å². The monoisotopic (exact) mass is 407 g/mol. The van der Waals surface area contributed by atoms with Gasteiger partial charge < -0.3 is 15.1 Å². The van der Waals surface area contributed by atoms with Crippen LogP contribution in [0.3, 0.4) is 0 Å². The minimum atomic E-state index is -0.715. The zero-order valence-corrected chi connectivity index (χ0v) is 14.9. The van der Waals surface area contributed by atoms with Crippen molar-refractivity contribution in [3.63, 3.8) is 0 Å². The van der Waals surface area contributed by atoms with Crippen LogP contribution >= 0.6 is 27.3 Å². The first-order valence-electron chi connectivity index (χ1n) is 7.23. The number of halogens is 1. The zero-order chi connectivity index (χ0) is 17.3. The fourth-order valence-electron chi connectivity index (χ4n) is 2.76. The Labute approximate surface area is 151 Å². The number of benzene rings is 1. The maximum Gasteiger partial charge on any atom is 0.290 e. The Kier molecular flexibility index (Phi) is 4.84. The molecule has 1 amide bonds. The fourth-order valence-corrected chi connectivity index (χ4v) is 3.70. The number of aliphatic hydroxyl groups is 2. The van der Waals surface area contributed by atoms with Gasteiger partial charge in [-0.3, -0.25) is 9.59 Å². The van der Waals surface area contributed by atoms with E-state index in [0.29, 0.717) is 10.4 Å². The van der Waals surface area contributed by atoms with Gasteiger partial charge in [0.05, 0.1) is 23.1 Å². The molecule has 1 aliphatic rings. The normalized spacial score (nSPS) is 17.7. The Morgan fingerprint density at radius 3 is 2.54 bits per heavy atom. The van der Waals surface area contributed by atoms with Gasteiger partial charge in [0, 0.05) is 11.0 Å². The molecular weight excluding hydrogens is 394 g/mol. The van der Waals surface area contributed by atoms with E-state index in [4.69, 9.17) is 0 Å². The van der Waals surface area contributed by atoms with Crippen molar-refractivity contribution < 1.29 is 19.8 Å². The minimum absolute atomic E-state index is 0.0326. The first-order chi connectivity index (χ1) is 11.5. The van der Waals surface area contributed by atoms with Crippen molar-refractivity contribution in [2.45, 2.75) is 6.04 Å². The highest BCUT2D eigenvalue weighted by Crippen LogP contribution is 2.39. The first kappa shape index (κ1) is 16.9. The number of rotatable bonds is 5. The molecule has 24 heavy (non-hydrogen) atoms. The molecule has 0 spiro atoms. The van der Waals surface area contributed by atoms with Gasteiger partial charge in [-0.05, 0) is 29.1 Å². The number of β-amino-alcohol motifs (C(OH)–C–C–N with tert-alkyl or cyclic N) is 1. The summed E-state index contributed by atoms with van der Waals surface area (Å²) in [6.45, 7) is -0.225. The summed E-state index contributed by atoms with van der Waals surface area (Å²) >= 11 is 4.61. The third-order valence-electron chi connectivity index (χ3n) is 3.82. The lowest BCUT2D eigenvalue weighted by Crippen LogP contribution is -2.33. The highest BCUT2D eigenvalue weighted by molar-refractivity contribution is 9.10. The number of amides is 1. The van der Waals surface area contributed by atoms with Gasteiger partial charge in [-0.25, -0.2) is 0 Å². The summed E-state index contributed by atoms with van der Waals surface area (Å²) in [4.78, 5) is 27.0. The molecular formula is C17H14BrNO4S. The Balaban J connectivity index is 2.10. The van der Waals surface area contributed by atoms with E-state index >= 15 is 0 Å². The number of Topliss-reactive ketones (excluding diaryl/α,β-unsaturated/α-hetero) is 1. The van der Waals surface area contributed by atoms with Gasteiger partial charge in [0.1, 0.15) is 0 Å². The molecule has 0 bridgehead atoms. The van der Waals surface area contributed by atoms with Crippen molar-refractivity contribution >= 4 is 39.0 Å². The van der Waals surface area contributed by atoms with E-state index in [2.05, 4.69) is 15.9 Å². The van der Waals surface area contributed by atoms with Crippen LogP contribution in [0.1, 0.15) is 21.3 Å². The summed E-state index contributed by atoms with van der Waals surface area (Å²) in [5, 5.41) is 21.3. The highest BCUT2D eigenvalue weighted by atomic mass is 79.9. The van der Waals surface area contributed by atoms with Crippen LogP contribution in [-0.4, -0.2) is 40.0 Å². The molecule has 3 rings (SSSR count). The molecule has 5 nitrogen and oxygen atoms in total. The number of aliphatic hydroxyl groups excluding tert-OH is 2. The zero-order valence-electron chi connectivity index (χ0n) is 12.5. The molecule has 2 aromatic rings. The highest BCUT2D eigenvalue weighted by Gasteiger charge is 2.43. The second-order valence-corrected chi connectivity index (χ2v) is 7.11. The van der Waals surface area contributed by atoms with Crippen molar-refractivity contribution in [2.24, 2.45) is 0 Å². The van der Waals surface area contributed by atoms with E-state index in [1.54, 1.807) is 41.8 Å². The largest absolute Gasteiger partial charge is 0.503 e. The van der Waals surface area contributed by atoms with Crippen LogP contribution in [0, 0.1) is 0 Å². The summed E-state index contributed by atoms with van der Waals surface area (Å²) in [6, 6.07) is 9.86. The topological polar surface area (TPSA) is 77.8 Å². The van der Waals surface area contributed by atoms with Gasteiger partial charge in [0.15, 0.2) is 5.76 Å². The Bertz CT molecular complexity index is 799. The van der Waals surface area contributed by atoms with Gasteiger partial charge in [0.25, 0.3) is 5.91 Å². The summed E-state index contributed by atoms with van der Waals surface area (Å²) < 4.78 is 0.864. The van der Waals surface area contributed by atoms with Gasteiger partial charge in [-0.1, -0.05) is 34.1 Å². The third-order valence-corrected chi connectivity index (χ3v) is 5.22. The second-order valence-electron chi connectivity index (χ2n) is 5.24. The lowest BCUT2D eigenvalue weighted by molar-refractivity contribution is -0.129. The summed E-state index contributed by atoms with van der Waals surface area (Å²) in [7, 11) is 0. The number of carbonyl (C=O) groups is 2. The molecule has 1 aromatic carbocycles. The predicted octanol–water partition coefficient (Wildman–Crippen LogP) is 3.08. The van der Waals surface area contributed by atoms with E-state index in [1.165, 1.54) is 16.2 Å². The number of nitrogens with zero attached hydrogens (tertiary/aromatic N) is 1. The molecule has 1 unspecified atom stereocenters. The summed E-state index contributed by atoms with van der Waals surface area (Å²) in [6.07, 6.45) is 0.